The molecule has 2 atom stereocenters. The van der Waals surface area contributed by atoms with E-state index in [1.54, 1.807) is 30.6 Å². The lowest BCUT2D eigenvalue weighted by Gasteiger charge is -2.22. The molecule has 2 aromatic carbocycles. The molecule has 9 heteroatoms. The van der Waals surface area contributed by atoms with E-state index >= 15 is 0 Å². The fourth-order valence-electron chi connectivity index (χ4n) is 3.85. The molecular formula is C21H19FN6O2. The summed E-state index contributed by atoms with van der Waals surface area (Å²) in [7, 11) is 0. The predicted octanol–water partition coefficient (Wildman–Crippen LogP) is 3.31. The second kappa shape index (κ2) is 7.58. The van der Waals surface area contributed by atoms with Gasteiger partial charge in [0.1, 0.15) is 11.3 Å². The SMILES string of the molecule is O=C(N[C@H]1CCC[C@H]1Nc1nc2ccc(F)cc2o1)c1ccccc1-n1nccn1. The standard InChI is InChI=1S/C21H19FN6O2/c22-13-8-9-17-19(12-13)30-21(27-17)26-16-6-3-5-15(16)25-20(29)14-4-1-2-7-18(14)28-23-10-11-24-28/h1-2,4,7-12,15-16H,3,5-6H2,(H,25,29)(H,26,27)/t15-,16+/m0/s1. The third-order valence-corrected chi connectivity index (χ3v) is 5.27. The summed E-state index contributed by atoms with van der Waals surface area (Å²) >= 11 is 0. The largest absolute Gasteiger partial charge is 0.423 e. The van der Waals surface area contributed by atoms with E-state index in [0.717, 1.165) is 19.3 Å². The van der Waals surface area contributed by atoms with Crippen LogP contribution in [0.1, 0.15) is 29.6 Å². The van der Waals surface area contributed by atoms with Crippen molar-refractivity contribution in [3.8, 4) is 5.69 Å². The molecule has 0 radical (unpaired) electrons. The van der Waals surface area contributed by atoms with Gasteiger partial charge in [0.15, 0.2) is 5.58 Å². The lowest BCUT2D eigenvalue weighted by Crippen LogP contribution is -2.43. The molecule has 0 saturated heterocycles. The van der Waals surface area contributed by atoms with Crippen molar-refractivity contribution in [3.63, 3.8) is 0 Å². The third-order valence-electron chi connectivity index (χ3n) is 5.27. The summed E-state index contributed by atoms with van der Waals surface area (Å²) in [5.74, 6) is -0.567. The van der Waals surface area contributed by atoms with Gasteiger partial charge >= 0.3 is 0 Å². The Morgan fingerprint density at radius 1 is 1.10 bits per heavy atom. The van der Waals surface area contributed by atoms with Crippen LogP contribution in [0.5, 0.6) is 0 Å². The zero-order valence-corrected chi connectivity index (χ0v) is 16.0. The molecule has 1 saturated carbocycles. The number of amides is 1. The number of halogens is 1. The molecule has 1 aliphatic rings. The van der Waals surface area contributed by atoms with E-state index in [0.29, 0.717) is 28.4 Å². The molecule has 1 fully saturated rings. The van der Waals surface area contributed by atoms with E-state index in [2.05, 4.69) is 25.8 Å². The summed E-state index contributed by atoms with van der Waals surface area (Å²) < 4.78 is 19.0. The van der Waals surface area contributed by atoms with Crippen molar-refractivity contribution in [3.05, 3.63) is 66.2 Å². The molecule has 0 unspecified atom stereocenters. The Balaban J connectivity index is 1.33. The van der Waals surface area contributed by atoms with Crippen molar-refractivity contribution in [1.29, 1.82) is 0 Å². The van der Waals surface area contributed by atoms with Crippen LogP contribution in [0.3, 0.4) is 0 Å². The molecular weight excluding hydrogens is 387 g/mol. The minimum atomic E-state index is -0.374. The highest BCUT2D eigenvalue weighted by Crippen LogP contribution is 2.26. The van der Waals surface area contributed by atoms with Gasteiger partial charge in [0.2, 0.25) is 0 Å². The van der Waals surface area contributed by atoms with Crippen LogP contribution in [0.25, 0.3) is 16.8 Å². The quantitative estimate of drug-likeness (QED) is 0.528. The first-order chi connectivity index (χ1) is 14.7. The van der Waals surface area contributed by atoms with Crippen molar-refractivity contribution in [2.45, 2.75) is 31.3 Å². The molecule has 1 aliphatic carbocycles. The highest BCUT2D eigenvalue weighted by molar-refractivity contribution is 5.98. The second-order valence-electron chi connectivity index (χ2n) is 7.23. The first kappa shape index (κ1) is 18.3. The summed E-state index contributed by atoms with van der Waals surface area (Å²) in [4.78, 5) is 18.8. The van der Waals surface area contributed by atoms with E-state index in [-0.39, 0.29) is 23.8 Å². The van der Waals surface area contributed by atoms with Gasteiger partial charge in [-0.2, -0.15) is 20.0 Å². The number of oxazole rings is 1. The number of carbonyl (C=O) groups is 1. The van der Waals surface area contributed by atoms with Gasteiger partial charge in [0, 0.05) is 12.1 Å². The zero-order chi connectivity index (χ0) is 20.5. The number of rotatable bonds is 5. The number of carbonyl (C=O) groups excluding carboxylic acids is 1. The summed E-state index contributed by atoms with van der Waals surface area (Å²) in [5, 5.41) is 14.6. The Bertz CT molecular complexity index is 1190. The maximum atomic E-state index is 13.4. The number of hydrogen-bond donors (Lipinski definition) is 2. The zero-order valence-electron chi connectivity index (χ0n) is 16.0. The van der Waals surface area contributed by atoms with E-state index in [1.165, 1.54) is 16.9 Å². The highest BCUT2D eigenvalue weighted by Gasteiger charge is 2.30. The molecule has 2 N–H and O–H groups in total. The number of aromatic nitrogens is 4. The van der Waals surface area contributed by atoms with Gasteiger partial charge in [-0.1, -0.05) is 12.1 Å². The van der Waals surface area contributed by atoms with Gasteiger partial charge in [-0.15, -0.1) is 0 Å². The van der Waals surface area contributed by atoms with Crippen LogP contribution in [0.15, 0.2) is 59.3 Å². The average Bonchev–Trinajstić information content (AvgIpc) is 3.49. The Morgan fingerprint density at radius 3 is 2.77 bits per heavy atom. The molecule has 8 nitrogen and oxygen atoms in total. The monoisotopic (exact) mass is 406 g/mol. The second-order valence-corrected chi connectivity index (χ2v) is 7.23. The van der Waals surface area contributed by atoms with Gasteiger partial charge in [-0.25, -0.2) is 4.39 Å². The van der Waals surface area contributed by atoms with Crippen LogP contribution < -0.4 is 10.6 Å². The first-order valence-corrected chi connectivity index (χ1v) is 9.76. The molecule has 0 bridgehead atoms. The Labute approximate surface area is 171 Å². The maximum absolute atomic E-state index is 13.4. The van der Waals surface area contributed by atoms with Crippen LogP contribution in [-0.4, -0.2) is 38.0 Å². The number of hydrogen-bond acceptors (Lipinski definition) is 6. The van der Waals surface area contributed by atoms with E-state index in [4.69, 9.17) is 4.42 Å². The minimum absolute atomic E-state index is 0.0400. The average molecular weight is 406 g/mol. The van der Waals surface area contributed by atoms with Gasteiger partial charge in [0.25, 0.3) is 11.9 Å². The maximum Gasteiger partial charge on any atom is 0.295 e. The lowest BCUT2D eigenvalue weighted by atomic mass is 10.1. The van der Waals surface area contributed by atoms with Crippen molar-refractivity contribution in [1.82, 2.24) is 25.3 Å². The molecule has 152 valence electrons. The normalized spacial score (nSPS) is 18.6. The first-order valence-electron chi connectivity index (χ1n) is 9.76. The smallest absolute Gasteiger partial charge is 0.295 e. The fourth-order valence-corrected chi connectivity index (χ4v) is 3.85. The third kappa shape index (κ3) is 3.49. The van der Waals surface area contributed by atoms with Crippen LogP contribution in [0.4, 0.5) is 10.4 Å². The minimum Gasteiger partial charge on any atom is -0.423 e. The molecule has 0 aliphatic heterocycles. The topological polar surface area (TPSA) is 97.9 Å². The Kier molecular flexibility index (Phi) is 4.62. The van der Waals surface area contributed by atoms with Crippen molar-refractivity contribution in [2.75, 3.05) is 5.32 Å². The van der Waals surface area contributed by atoms with E-state index < -0.39 is 0 Å². The molecule has 30 heavy (non-hydrogen) atoms. The molecule has 0 spiro atoms. The molecule has 5 rings (SSSR count). The van der Waals surface area contributed by atoms with E-state index in [1.807, 2.05) is 12.1 Å². The molecule has 1 amide bonds. The van der Waals surface area contributed by atoms with Crippen molar-refractivity contribution < 1.29 is 13.6 Å². The molecule has 4 aromatic rings. The number of nitrogens with zero attached hydrogens (tertiary/aromatic N) is 4. The number of para-hydroxylation sites is 1. The van der Waals surface area contributed by atoms with Crippen LogP contribution in [-0.2, 0) is 0 Å². The molecule has 2 aromatic heterocycles. The predicted molar refractivity (Wildman–Crippen MR) is 108 cm³/mol. The van der Waals surface area contributed by atoms with Crippen molar-refractivity contribution >= 4 is 23.0 Å². The van der Waals surface area contributed by atoms with E-state index in [9.17, 15) is 9.18 Å². The summed E-state index contributed by atoms with van der Waals surface area (Å²) in [6, 6.07) is 11.6. The van der Waals surface area contributed by atoms with Crippen LogP contribution in [0.2, 0.25) is 0 Å². The summed E-state index contributed by atoms with van der Waals surface area (Å²) in [6.07, 6.45) is 5.79. The summed E-state index contributed by atoms with van der Waals surface area (Å²) in [6.45, 7) is 0. The Hall–Kier alpha value is -3.75. The fraction of sp³-hybridized carbons (Fsp3) is 0.238. The lowest BCUT2D eigenvalue weighted by molar-refractivity contribution is 0.0935. The highest BCUT2D eigenvalue weighted by atomic mass is 19.1. The van der Waals surface area contributed by atoms with Crippen LogP contribution >= 0.6 is 0 Å². The van der Waals surface area contributed by atoms with Gasteiger partial charge in [-0.05, 0) is 43.5 Å². The molecule has 2 heterocycles. The number of nitrogens with one attached hydrogen (secondary N) is 2. The van der Waals surface area contributed by atoms with Gasteiger partial charge < -0.3 is 15.1 Å². The number of fused-ring (bicyclic) bond motifs is 1. The van der Waals surface area contributed by atoms with Gasteiger partial charge in [0.05, 0.1) is 29.7 Å². The van der Waals surface area contributed by atoms with Crippen LogP contribution in [0, 0.1) is 5.82 Å². The van der Waals surface area contributed by atoms with Gasteiger partial charge in [-0.3, -0.25) is 4.79 Å². The number of benzene rings is 2. The number of anilines is 1. The summed E-state index contributed by atoms with van der Waals surface area (Å²) in [5.41, 5.74) is 2.08. The van der Waals surface area contributed by atoms with Crippen molar-refractivity contribution in [2.24, 2.45) is 0 Å². The Morgan fingerprint density at radius 2 is 1.90 bits per heavy atom.